The van der Waals surface area contributed by atoms with Gasteiger partial charge in [0.2, 0.25) is 10.0 Å². The van der Waals surface area contributed by atoms with Crippen molar-refractivity contribution < 1.29 is 13.2 Å². The summed E-state index contributed by atoms with van der Waals surface area (Å²) in [7, 11) is -3.39. The Kier molecular flexibility index (Phi) is 5.24. The van der Waals surface area contributed by atoms with Crippen molar-refractivity contribution in [1.29, 1.82) is 0 Å². The smallest absolute Gasteiger partial charge is 0.251 e. The molecule has 6 nitrogen and oxygen atoms in total. The molecule has 25 heavy (non-hydrogen) atoms. The van der Waals surface area contributed by atoms with Crippen LogP contribution in [0.2, 0.25) is 5.02 Å². The molecule has 3 rings (SSSR count). The molecule has 1 fully saturated rings. The van der Waals surface area contributed by atoms with Gasteiger partial charge in [0.25, 0.3) is 5.91 Å². The summed E-state index contributed by atoms with van der Waals surface area (Å²) in [4.78, 5) is 16.3. The Morgan fingerprint density at radius 2 is 1.96 bits per heavy atom. The number of halogens is 1. The zero-order valence-electron chi connectivity index (χ0n) is 13.5. The first kappa shape index (κ1) is 17.7. The van der Waals surface area contributed by atoms with E-state index in [9.17, 15) is 13.2 Å². The molecule has 1 amide bonds. The van der Waals surface area contributed by atoms with Gasteiger partial charge in [-0.15, -0.1) is 0 Å². The van der Waals surface area contributed by atoms with Crippen LogP contribution in [0.15, 0.2) is 42.7 Å². The molecule has 1 saturated heterocycles. The molecule has 0 spiro atoms. The minimum absolute atomic E-state index is 0.0990. The Bertz CT molecular complexity index is 872. The molecule has 0 radical (unpaired) electrons. The normalized spacial score (nSPS) is 16.4. The summed E-state index contributed by atoms with van der Waals surface area (Å²) in [5, 5.41) is 3.12. The third-order valence-electron chi connectivity index (χ3n) is 4.03. The maximum atomic E-state index is 12.4. The fourth-order valence-corrected chi connectivity index (χ4v) is 4.61. The second kappa shape index (κ2) is 7.41. The van der Waals surface area contributed by atoms with Gasteiger partial charge >= 0.3 is 0 Å². The fraction of sp³-hybridized carbons (Fsp3) is 0.294. The average molecular weight is 380 g/mol. The van der Waals surface area contributed by atoms with Crippen LogP contribution in [-0.2, 0) is 16.6 Å². The molecule has 1 aromatic carbocycles. The minimum atomic E-state index is -3.39. The van der Waals surface area contributed by atoms with Crippen molar-refractivity contribution in [2.75, 3.05) is 16.6 Å². The maximum Gasteiger partial charge on any atom is 0.251 e. The van der Waals surface area contributed by atoms with E-state index in [0.717, 1.165) is 12.0 Å². The third-order valence-corrected chi connectivity index (χ3v) is 6.20. The lowest BCUT2D eigenvalue weighted by Gasteiger charge is -2.29. The SMILES string of the molecule is O=C(NCc1ccncc1)c1ccc(Cl)c(N2CCCCS2(=O)=O)c1. The van der Waals surface area contributed by atoms with Crippen molar-refractivity contribution >= 4 is 33.2 Å². The molecule has 0 unspecified atom stereocenters. The van der Waals surface area contributed by atoms with E-state index in [1.165, 1.54) is 10.4 Å². The van der Waals surface area contributed by atoms with Crippen LogP contribution in [0.3, 0.4) is 0 Å². The number of rotatable bonds is 4. The lowest BCUT2D eigenvalue weighted by molar-refractivity contribution is 0.0951. The summed E-state index contributed by atoms with van der Waals surface area (Å²) in [6, 6.07) is 8.31. The van der Waals surface area contributed by atoms with Gasteiger partial charge in [0.05, 0.1) is 16.5 Å². The summed E-state index contributed by atoms with van der Waals surface area (Å²) in [6.45, 7) is 0.742. The van der Waals surface area contributed by atoms with Gasteiger partial charge < -0.3 is 5.32 Å². The molecule has 2 heterocycles. The summed E-state index contributed by atoms with van der Waals surface area (Å²) in [5.74, 6) is -0.189. The Labute approximate surface area is 151 Å². The molecule has 1 aromatic heterocycles. The highest BCUT2D eigenvalue weighted by Crippen LogP contribution is 2.31. The lowest BCUT2D eigenvalue weighted by Crippen LogP contribution is -2.38. The molecule has 1 aliphatic rings. The van der Waals surface area contributed by atoms with Gasteiger partial charge in [-0.2, -0.15) is 0 Å². The van der Waals surface area contributed by atoms with Crippen LogP contribution < -0.4 is 9.62 Å². The van der Waals surface area contributed by atoms with Gasteiger partial charge in [-0.25, -0.2) is 8.42 Å². The molecule has 132 valence electrons. The fourth-order valence-electron chi connectivity index (χ4n) is 2.69. The number of benzene rings is 1. The number of pyridine rings is 1. The Balaban J connectivity index is 1.80. The van der Waals surface area contributed by atoms with Gasteiger partial charge in [-0.05, 0) is 48.7 Å². The first-order chi connectivity index (χ1) is 12.0. The van der Waals surface area contributed by atoms with Crippen molar-refractivity contribution in [2.45, 2.75) is 19.4 Å². The second-order valence-corrected chi connectivity index (χ2v) is 8.22. The van der Waals surface area contributed by atoms with E-state index in [4.69, 9.17) is 11.6 Å². The van der Waals surface area contributed by atoms with Crippen molar-refractivity contribution in [3.8, 4) is 0 Å². The maximum absolute atomic E-state index is 12.4. The van der Waals surface area contributed by atoms with E-state index in [1.54, 1.807) is 24.5 Å². The number of nitrogens with one attached hydrogen (secondary N) is 1. The van der Waals surface area contributed by atoms with E-state index >= 15 is 0 Å². The highest BCUT2D eigenvalue weighted by atomic mass is 35.5. The van der Waals surface area contributed by atoms with Gasteiger partial charge in [0, 0.05) is 31.0 Å². The van der Waals surface area contributed by atoms with Crippen molar-refractivity contribution in [1.82, 2.24) is 10.3 Å². The van der Waals surface area contributed by atoms with Crippen LogP contribution in [0.5, 0.6) is 0 Å². The Morgan fingerprint density at radius 3 is 2.68 bits per heavy atom. The van der Waals surface area contributed by atoms with Crippen LogP contribution in [0.1, 0.15) is 28.8 Å². The van der Waals surface area contributed by atoms with Crippen molar-refractivity contribution in [3.05, 3.63) is 58.9 Å². The van der Waals surface area contributed by atoms with Crippen LogP contribution in [0, 0.1) is 0 Å². The van der Waals surface area contributed by atoms with Gasteiger partial charge in [-0.1, -0.05) is 11.6 Å². The monoisotopic (exact) mass is 379 g/mol. The van der Waals surface area contributed by atoms with Crippen molar-refractivity contribution in [3.63, 3.8) is 0 Å². The number of hydrogen-bond donors (Lipinski definition) is 1. The molecule has 0 atom stereocenters. The standard InChI is InChI=1S/C17H18ClN3O3S/c18-15-4-3-14(17(22)20-12-13-5-7-19-8-6-13)11-16(15)21-9-1-2-10-25(21,23)24/h3-8,11H,1-2,9-10,12H2,(H,20,22). The molecule has 0 saturated carbocycles. The van der Waals surface area contributed by atoms with E-state index in [1.807, 2.05) is 12.1 Å². The van der Waals surface area contributed by atoms with E-state index in [0.29, 0.717) is 35.8 Å². The number of sulfonamides is 1. The van der Waals surface area contributed by atoms with E-state index in [-0.39, 0.29) is 11.7 Å². The Hall–Kier alpha value is -2.12. The van der Waals surface area contributed by atoms with Crippen LogP contribution in [-0.4, -0.2) is 31.6 Å². The molecule has 8 heteroatoms. The lowest BCUT2D eigenvalue weighted by atomic mass is 10.1. The minimum Gasteiger partial charge on any atom is -0.348 e. The molecule has 0 aliphatic carbocycles. The zero-order valence-corrected chi connectivity index (χ0v) is 15.1. The van der Waals surface area contributed by atoms with Gasteiger partial charge in [-0.3, -0.25) is 14.1 Å². The van der Waals surface area contributed by atoms with E-state index in [2.05, 4.69) is 10.3 Å². The summed E-state index contributed by atoms with van der Waals surface area (Å²) >= 11 is 6.19. The molecule has 2 aromatic rings. The van der Waals surface area contributed by atoms with Crippen LogP contribution in [0.25, 0.3) is 0 Å². The zero-order chi connectivity index (χ0) is 17.9. The highest BCUT2D eigenvalue weighted by molar-refractivity contribution is 7.92. The first-order valence-electron chi connectivity index (χ1n) is 7.94. The molecule has 1 N–H and O–H groups in total. The second-order valence-electron chi connectivity index (χ2n) is 5.80. The number of carbonyl (C=O) groups excluding carboxylic acids is 1. The topological polar surface area (TPSA) is 79.4 Å². The molecular weight excluding hydrogens is 362 g/mol. The summed E-state index contributed by atoms with van der Waals surface area (Å²) in [5.41, 5.74) is 1.66. The van der Waals surface area contributed by atoms with Gasteiger partial charge in [0.15, 0.2) is 0 Å². The molecule has 1 aliphatic heterocycles. The van der Waals surface area contributed by atoms with E-state index < -0.39 is 10.0 Å². The third kappa shape index (κ3) is 4.11. The molecule has 0 bridgehead atoms. The number of amides is 1. The highest BCUT2D eigenvalue weighted by Gasteiger charge is 2.28. The summed E-state index contributed by atoms with van der Waals surface area (Å²) in [6.07, 6.45) is 4.72. The Morgan fingerprint density at radius 1 is 1.20 bits per heavy atom. The summed E-state index contributed by atoms with van der Waals surface area (Å²) < 4.78 is 25.9. The average Bonchev–Trinajstić information content (AvgIpc) is 2.61. The number of carbonyl (C=O) groups is 1. The number of anilines is 1. The van der Waals surface area contributed by atoms with Crippen LogP contribution in [0.4, 0.5) is 5.69 Å². The number of hydrogen-bond acceptors (Lipinski definition) is 4. The van der Waals surface area contributed by atoms with Gasteiger partial charge in [0.1, 0.15) is 0 Å². The molecular formula is C17H18ClN3O3S. The van der Waals surface area contributed by atoms with Crippen LogP contribution >= 0.6 is 11.6 Å². The first-order valence-corrected chi connectivity index (χ1v) is 9.93. The predicted octanol–water partition coefficient (Wildman–Crippen LogP) is 2.60. The number of aromatic nitrogens is 1. The van der Waals surface area contributed by atoms with Crippen molar-refractivity contribution in [2.24, 2.45) is 0 Å². The number of nitrogens with zero attached hydrogens (tertiary/aromatic N) is 2. The predicted molar refractivity (Wildman–Crippen MR) is 97.2 cm³/mol. The largest absolute Gasteiger partial charge is 0.348 e. The quantitative estimate of drug-likeness (QED) is 0.885.